The molecule has 15 heavy (non-hydrogen) atoms. The average Bonchev–Trinajstić information content (AvgIpc) is 2.00. The van der Waals surface area contributed by atoms with Crippen molar-refractivity contribution in [3.63, 3.8) is 0 Å². The minimum absolute atomic E-state index is 0.336. The van der Waals surface area contributed by atoms with Crippen molar-refractivity contribution in [2.75, 3.05) is 20.6 Å². The molecule has 0 aliphatic carbocycles. The fourth-order valence-electron chi connectivity index (χ4n) is 0.986. The van der Waals surface area contributed by atoms with Crippen LogP contribution in [0, 0.1) is 0 Å². The van der Waals surface area contributed by atoms with Crippen molar-refractivity contribution in [1.29, 1.82) is 0 Å². The first-order chi connectivity index (χ1) is 6.64. The van der Waals surface area contributed by atoms with E-state index in [4.69, 9.17) is 10.5 Å². The molecule has 0 rings (SSSR count). The van der Waals surface area contributed by atoms with Gasteiger partial charge in [0.25, 0.3) is 0 Å². The quantitative estimate of drug-likeness (QED) is 0.542. The fraction of sp³-hybridized carbons (Fsp3) is 0.727. The summed E-state index contributed by atoms with van der Waals surface area (Å²) in [5, 5.41) is 0. The average molecular weight is 214 g/mol. The first-order valence-electron chi connectivity index (χ1n) is 4.94. The highest BCUT2D eigenvalue weighted by Gasteiger charge is 2.29. The number of nitrogens with two attached hydrogens (primary N) is 1. The van der Waals surface area contributed by atoms with Gasteiger partial charge >= 0.3 is 5.97 Å². The lowest BCUT2D eigenvalue weighted by atomic mass is 9.98. The van der Waals surface area contributed by atoms with Gasteiger partial charge in [0, 0.05) is 17.7 Å². The molecule has 0 fully saturated rings. The lowest BCUT2D eigenvalue weighted by Crippen LogP contribution is -2.52. The lowest BCUT2D eigenvalue weighted by Gasteiger charge is -2.32. The van der Waals surface area contributed by atoms with Crippen molar-refractivity contribution in [3.8, 4) is 0 Å². The molecule has 0 saturated carbocycles. The Morgan fingerprint density at radius 2 is 2.00 bits per heavy atom. The largest absolute Gasteiger partial charge is 0.456 e. The highest BCUT2D eigenvalue weighted by Crippen LogP contribution is 2.12. The molecule has 0 aromatic carbocycles. The van der Waals surface area contributed by atoms with Crippen LogP contribution in [0.1, 0.15) is 20.8 Å². The predicted octanol–water partition coefficient (Wildman–Crippen LogP) is 0.773. The van der Waals surface area contributed by atoms with Gasteiger partial charge in [-0.3, -0.25) is 0 Å². The lowest BCUT2D eigenvalue weighted by molar-refractivity contribution is -0.148. The molecular formula is C11H22N2O2. The van der Waals surface area contributed by atoms with Crippen molar-refractivity contribution in [2.24, 2.45) is 5.73 Å². The monoisotopic (exact) mass is 214 g/mol. The van der Waals surface area contributed by atoms with Crippen molar-refractivity contribution in [2.45, 2.75) is 32.4 Å². The summed E-state index contributed by atoms with van der Waals surface area (Å²) >= 11 is 0. The van der Waals surface area contributed by atoms with Crippen LogP contribution in [0.4, 0.5) is 0 Å². The van der Waals surface area contributed by atoms with E-state index in [-0.39, 0.29) is 12.1 Å². The highest BCUT2D eigenvalue weighted by atomic mass is 16.5. The maximum atomic E-state index is 11.4. The summed E-state index contributed by atoms with van der Waals surface area (Å²) in [6.07, 6.45) is -0.336. The van der Waals surface area contributed by atoms with Gasteiger partial charge in [-0.25, -0.2) is 4.79 Å². The Morgan fingerprint density at radius 1 is 1.53 bits per heavy atom. The molecule has 4 nitrogen and oxygen atoms in total. The minimum atomic E-state index is -0.560. The van der Waals surface area contributed by atoms with Gasteiger partial charge in [0.15, 0.2) is 0 Å². The first-order valence-corrected chi connectivity index (χ1v) is 4.94. The minimum Gasteiger partial charge on any atom is -0.456 e. The molecule has 1 atom stereocenters. The van der Waals surface area contributed by atoms with Gasteiger partial charge in [0.05, 0.1) is 0 Å². The molecule has 0 aliphatic rings. The topological polar surface area (TPSA) is 55.6 Å². The number of likely N-dealkylation sites (N-methyl/N-ethyl adjacent to an activating group) is 1. The third-order valence-corrected chi connectivity index (χ3v) is 1.96. The van der Waals surface area contributed by atoms with Crippen LogP contribution in [0.5, 0.6) is 0 Å². The van der Waals surface area contributed by atoms with E-state index in [0.717, 1.165) is 0 Å². The molecule has 0 spiro atoms. The number of ether oxygens (including phenoxy) is 1. The predicted molar refractivity (Wildman–Crippen MR) is 61.5 cm³/mol. The number of hydrogen-bond acceptors (Lipinski definition) is 4. The first kappa shape index (κ1) is 14.1. The molecule has 0 aromatic heterocycles. The molecule has 0 aliphatic heterocycles. The summed E-state index contributed by atoms with van der Waals surface area (Å²) in [6.45, 7) is 9.44. The van der Waals surface area contributed by atoms with Gasteiger partial charge in [-0.2, -0.15) is 0 Å². The Bertz CT molecular complexity index is 241. The number of esters is 1. The summed E-state index contributed by atoms with van der Waals surface area (Å²) in [5.74, 6) is -0.389. The standard InChI is InChI=1S/C11H22N2O2/c1-8(2)10(14)15-9(7-13(5)6)11(3,4)12/h9H,1,7,12H2,2-6H3. The van der Waals surface area contributed by atoms with Gasteiger partial charge in [-0.15, -0.1) is 0 Å². The fourth-order valence-corrected chi connectivity index (χ4v) is 0.986. The molecule has 0 amide bonds. The van der Waals surface area contributed by atoms with E-state index in [1.807, 2.05) is 32.8 Å². The number of hydrogen-bond donors (Lipinski definition) is 1. The van der Waals surface area contributed by atoms with E-state index in [9.17, 15) is 4.79 Å². The van der Waals surface area contributed by atoms with Crippen molar-refractivity contribution in [1.82, 2.24) is 4.90 Å². The van der Waals surface area contributed by atoms with Crippen molar-refractivity contribution < 1.29 is 9.53 Å². The highest BCUT2D eigenvalue weighted by molar-refractivity contribution is 5.87. The van der Waals surface area contributed by atoms with Crippen molar-refractivity contribution in [3.05, 3.63) is 12.2 Å². The molecule has 88 valence electrons. The summed E-state index contributed by atoms with van der Waals surface area (Å²) < 4.78 is 5.28. The number of nitrogens with zero attached hydrogens (tertiary/aromatic N) is 1. The van der Waals surface area contributed by atoms with Gasteiger partial charge in [-0.05, 0) is 34.9 Å². The number of rotatable bonds is 5. The summed E-state index contributed by atoms with van der Waals surface area (Å²) in [4.78, 5) is 13.3. The van der Waals surface area contributed by atoms with E-state index in [2.05, 4.69) is 6.58 Å². The van der Waals surface area contributed by atoms with Gasteiger partial charge in [0.2, 0.25) is 0 Å². The van der Waals surface area contributed by atoms with E-state index in [0.29, 0.717) is 12.1 Å². The summed E-state index contributed by atoms with van der Waals surface area (Å²) in [5.41, 5.74) is 5.77. The normalized spacial score (nSPS) is 13.8. The summed E-state index contributed by atoms with van der Waals surface area (Å²) in [7, 11) is 3.82. The second-order valence-electron chi connectivity index (χ2n) is 4.76. The maximum absolute atomic E-state index is 11.4. The zero-order valence-corrected chi connectivity index (χ0v) is 10.3. The third-order valence-electron chi connectivity index (χ3n) is 1.96. The second kappa shape index (κ2) is 5.28. The van der Waals surface area contributed by atoms with E-state index < -0.39 is 5.54 Å². The molecule has 1 unspecified atom stereocenters. The van der Waals surface area contributed by atoms with Crippen LogP contribution in [0.3, 0.4) is 0 Å². The van der Waals surface area contributed by atoms with Gasteiger partial charge < -0.3 is 15.4 Å². The third kappa shape index (κ3) is 5.54. The van der Waals surface area contributed by atoms with Crippen molar-refractivity contribution >= 4 is 5.97 Å². The molecule has 0 heterocycles. The molecule has 2 N–H and O–H groups in total. The van der Waals surface area contributed by atoms with E-state index in [1.165, 1.54) is 0 Å². The Morgan fingerprint density at radius 3 is 2.27 bits per heavy atom. The van der Waals surface area contributed by atoms with Gasteiger partial charge in [-0.1, -0.05) is 6.58 Å². The zero-order chi connectivity index (χ0) is 12.2. The van der Waals surface area contributed by atoms with Crippen LogP contribution in [-0.4, -0.2) is 43.2 Å². The Balaban J connectivity index is 4.52. The number of carbonyl (C=O) groups excluding carboxylic acids is 1. The van der Waals surface area contributed by atoms with E-state index in [1.54, 1.807) is 6.92 Å². The Labute approximate surface area is 92.1 Å². The van der Waals surface area contributed by atoms with Crippen LogP contribution in [0.15, 0.2) is 12.2 Å². The van der Waals surface area contributed by atoms with Crippen LogP contribution >= 0.6 is 0 Å². The number of carbonyl (C=O) groups is 1. The Kier molecular flexibility index (Phi) is 4.97. The van der Waals surface area contributed by atoms with Crippen LogP contribution in [0.25, 0.3) is 0 Å². The zero-order valence-electron chi connectivity index (χ0n) is 10.3. The molecule has 0 bridgehead atoms. The molecule has 0 saturated heterocycles. The maximum Gasteiger partial charge on any atom is 0.333 e. The molecule has 0 aromatic rings. The smallest absolute Gasteiger partial charge is 0.333 e. The molecule has 0 radical (unpaired) electrons. The van der Waals surface area contributed by atoms with Gasteiger partial charge in [0.1, 0.15) is 6.10 Å². The summed E-state index contributed by atoms with van der Waals surface area (Å²) in [6, 6.07) is 0. The van der Waals surface area contributed by atoms with Crippen LogP contribution in [0.2, 0.25) is 0 Å². The molecule has 4 heteroatoms. The van der Waals surface area contributed by atoms with Crippen LogP contribution < -0.4 is 5.73 Å². The van der Waals surface area contributed by atoms with Crippen LogP contribution in [-0.2, 0) is 9.53 Å². The SMILES string of the molecule is C=C(C)C(=O)OC(CN(C)C)C(C)(C)N. The molecular weight excluding hydrogens is 192 g/mol. The Hall–Kier alpha value is -0.870. The van der Waals surface area contributed by atoms with E-state index >= 15 is 0 Å². The second-order valence-corrected chi connectivity index (χ2v) is 4.76.